The Morgan fingerprint density at radius 1 is 1.09 bits per heavy atom. The average Bonchev–Trinajstić information content (AvgIpc) is 3.46. The van der Waals surface area contributed by atoms with Gasteiger partial charge in [-0.1, -0.05) is 61.1 Å². The molecule has 3 heterocycles. The molecule has 2 aromatic heterocycles. The summed E-state index contributed by atoms with van der Waals surface area (Å²) in [5.74, 6) is 3.05. The summed E-state index contributed by atoms with van der Waals surface area (Å²) in [4.78, 5) is 22.6. The van der Waals surface area contributed by atoms with Crippen molar-refractivity contribution in [3.05, 3.63) is 58.7 Å². The minimum Gasteiger partial charge on any atom is -0.454 e. The SMILES string of the molecule is CC(C)CCn1c(SCc2nc(-c3ccccc3)no2)nc2cc3c(cc2c1=O)OCO3. The van der Waals surface area contributed by atoms with E-state index in [0.29, 0.717) is 57.5 Å². The molecule has 0 radical (unpaired) electrons. The van der Waals surface area contributed by atoms with Crippen molar-refractivity contribution in [2.45, 2.75) is 37.7 Å². The molecule has 1 aliphatic heterocycles. The minimum atomic E-state index is -0.0908. The summed E-state index contributed by atoms with van der Waals surface area (Å²) >= 11 is 1.41. The minimum absolute atomic E-state index is 0.0908. The lowest BCUT2D eigenvalue weighted by Crippen LogP contribution is -2.24. The Balaban J connectivity index is 1.46. The fourth-order valence-electron chi connectivity index (χ4n) is 3.43. The van der Waals surface area contributed by atoms with Crippen molar-refractivity contribution in [3.63, 3.8) is 0 Å². The molecule has 0 N–H and O–H groups in total. The Morgan fingerprint density at radius 2 is 1.88 bits per heavy atom. The van der Waals surface area contributed by atoms with Crippen LogP contribution in [0.4, 0.5) is 0 Å². The van der Waals surface area contributed by atoms with E-state index >= 15 is 0 Å². The van der Waals surface area contributed by atoms with Crippen molar-refractivity contribution in [1.82, 2.24) is 19.7 Å². The standard InChI is InChI=1S/C23H22N4O4S/c1-14(2)8-9-27-22(28)16-10-18-19(30-13-29-18)11-17(16)24-23(27)32-12-20-25-21(26-31-20)15-6-4-3-5-7-15/h3-7,10-11,14H,8-9,12-13H2,1-2H3. The van der Waals surface area contributed by atoms with Crippen molar-refractivity contribution in [1.29, 1.82) is 0 Å². The van der Waals surface area contributed by atoms with Crippen molar-refractivity contribution in [2.24, 2.45) is 5.92 Å². The summed E-state index contributed by atoms with van der Waals surface area (Å²) in [5, 5.41) is 5.20. The lowest BCUT2D eigenvalue weighted by atomic mass is 10.1. The third-order valence-corrected chi connectivity index (χ3v) is 6.13. The van der Waals surface area contributed by atoms with Crippen LogP contribution in [0.2, 0.25) is 0 Å². The molecular formula is C23H22N4O4S. The van der Waals surface area contributed by atoms with Crippen LogP contribution in [0.3, 0.4) is 0 Å². The predicted octanol–water partition coefficient (Wildman–Crippen LogP) is 4.51. The van der Waals surface area contributed by atoms with E-state index in [2.05, 4.69) is 24.0 Å². The van der Waals surface area contributed by atoms with Gasteiger partial charge < -0.3 is 14.0 Å². The Hall–Kier alpha value is -3.33. The molecule has 0 amide bonds. The van der Waals surface area contributed by atoms with Gasteiger partial charge in [-0.05, 0) is 18.4 Å². The normalized spacial score (nSPS) is 12.7. The van der Waals surface area contributed by atoms with Crippen LogP contribution in [0.15, 0.2) is 56.9 Å². The van der Waals surface area contributed by atoms with Gasteiger partial charge in [0.05, 0.1) is 16.7 Å². The van der Waals surface area contributed by atoms with Crippen LogP contribution in [0.25, 0.3) is 22.3 Å². The number of nitrogens with zero attached hydrogens (tertiary/aromatic N) is 4. The summed E-state index contributed by atoms with van der Waals surface area (Å²) < 4.78 is 18.1. The molecule has 1 aliphatic rings. The zero-order valence-corrected chi connectivity index (χ0v) is 18.6. The van der Waals surface area contributed by atoms with Crippen LogP contribution in [0.1, 0.15) is 26.2 Å². The monoisotopic (exact) mass is 450 g/mol. The number of rotatable bonds is 7. The topological polar surface area (TPSA) is 92.3 Å². The zero-order chi connectivity index (χ0) is 22.1. The molecule has 0 atom stereocenters. The number of ether oxygens (including phenoxy) is 2. The highest BCUT2D eigenvalue weighted by molar-refractivity contribution is 7.98. The third kappa shape index (κ3) is 4.08. The molecule has 0 saturated heterocycles. The first-order valence-electron chi connectivity index (χ1n) is 10.4. The second-order valence-electron chi connectivity index (χ2n) is 7.92. The van der Waals surface area contributed by atoms with Crippen LogP contribution in [0.5, 0.6) is 11.5 Å². The fourth-order valence-corrected chi connectivity index (χ4v) is 4.29. The summed E-state index contributed by atoms with van der Waals surface area (Å²) in [6.45, 7) is 4.99. The molecule has 0 spiro atoms. The van der Waals surface area contributed by atoms with Gasteiger partial charge in [-0.3, -0.25) is 9.36 Å². The Morgan fingerprint density at radius 3 is 2.66 bits per heavy atom. The van der Waals surface area contributed by atoms with E-state index in [0.717, 1.165) is 12.0 Å². The first-order chi connectivity index (χ1) is 15.6. The van der Waals surface area contributed by atoms with E-state index in [1.54, 1.807) is 16.7 Å². The van der Waals surface area contributed by atoms with Crippen LogP contribution in [-0.2, 0) is 12.3 Å². The Bertz CT molecular complexity index is 1320. The van der Waals surface area contributed by atoms with Gasteiger partial charge in [-0.25, -0.2) is 4.98 Å². The second kappa shape index (κ2) is 8.66. The van der Waals surface area contributed by atoms with Gasteiger partial charge in [0.25, 0.3) is 5.56 Å². The van der Waals surface area contributed by atoms with Crippen molar-refractivity contribution >= 4 is 22.7 Å². The van der Waals surface area contributed by atoms with E-state index in [1.165, 1.54) is 11.8 Å². The molecule has 0 bridgehead atoms. The van der Waals surface area contributed by atoms with Gasteiger partial charge in [0, 0.05) is 18.2 Å². The smallest absolute Gasteiger partial charge is 0.262 e. The van der Waals surface area contributed by atoms with Gasteiger partial charge in [0.15, 0.2) is 16.7 Å². The van der Waals surface area contributed by atoms with Gasteiger partial charge in [-0.2, -0.15) is 4.98 Å². The highest BCUT2D eigenvalue weighted by Gasteiger charge is 2.20. The van der Waals surface area contributed by atoms with Crippen LogP contribution >= 0.6 is 11.8 Å². The summed E-state index contributed by atoms with van der Waals surface area (Å²) in [6.07, 6.45) is 0.865. The Kier molecular flexibility index (Phi) is 5.57. The highest BCUT2D eigenvalue weighted by atomic mass is 32.2. The van der Waals surface area contributed by atoms with E-state index < -0.39 is 0 Å². The number of thioether (sulfide) groups is 1. The molecule has 0 unspecified atom stereocenters. The molecule has 4 aromatic rings. The molecule has 32 heavy (non-hydrogen) atoms. The molecule has 2 aromatic carbocycles. The molecule has 0 aliphatic carbocycles. The summed E-state index contributed by atoms with van der Waals surface area (Å²) in [5.41, 5.74) is 1.38. The lowest BCUT2D eigenvalue weighted by molar-refractivity contribution is 0.174. The molecule has 0 fully saturated rings. The van der Waals surface area contributed by atoms with E-state index in [-0.39, 0.29) is 12.4 Å². The van der Waals surface area contributed by atoms with Gasteiger partial charge in [-0.15, -0.1) is 0 Å². The summed E-state index contributed by atoms with van der Waals surface area (Å²) in [6, 6.07) is 13.1. The van der Waals surface area contributed by atoms with E-state index in [4.69, 9.17) is 19.0 Å². The largest absolute Gasteiger partial charge is 0.454 e. The average molecular weight is 451 g/mol. The van der Waals surface area contributed by atoms with Gasteiger partial charge in [0.2, 0.25) is 18.5 Å². The second-order valence-corrected chi connectivity index (χ2v) is 8.87. The maximum absolute atomic E-state index is 13.3. The quantitative estimate of drug-likeness (QED) is 0.300. The van der Waals surface area contributed by atoms with Crippen LogP contribution < -0.4 is 15.0 Å². The van der Waals surface area contributed by atoms with Crippen molar-refractivity contribution in [3.8, 4) is 22.9 Å². The zero-order valence-electron chi connectivity index (χ0n) is 17.8. The molecule has 9 heteroatoms. The number of hydrogen-bond donors (Lipinski definition) is 0. The van der Waals surface area contributed by atoms with Crippen LogP contribution in [-0.4, -0.2) is 26.5 Å². The first-order valence-corrected chi connectivity index (χ1v) is 11.4. The van der Waals surface area contributed by atoms with Gasteiger partial charge >= 0.3 is 0 Å². The number of aromatic nitrogens is 4. The molecular weight excluding hydrogens is 428 g/mol. The number of hydrogen-bond acceptors (Lipinski definition) is 8. The number of fused-ring (bicyclic) bond motifs is 2. The van der Waals surface area contributed by atoms with Crippen molar-refractivity contribution < 1.29 is 14.0 Å². The van der Waals surface area contributed by atoms with Crippen molar-refractivity contribution in [2.75, 3.05) is 6.79 Å². The highest BCUT2D eigenvalue weighted by Crippen LogP contribution is 2.35. The maximum atomic E-state index is 13.3. The maximum Gasteiger partial charge on any atom is 0.262 e. The Labute approximate surface area is 188 Å². The molecule has 0 saturated carbocycles. The fraction of sp³-hybridized carbons (Fsp3) is 0.304. The lowest BCUT2D eigenvalue weighted by Gasteiger charge is -2.14. The summed E-state index contributed by atoms with van der Waals surface area (Å²) in [7, 11) is 0. The molecule has 8 nitrogen and oxygen atoms in total. The molecule has 5 rings (SSSR count). The molecule has 164 valence electrons. The number of benzene rings is 2. The van der Waals surface area contributed by atoms with Gasteiger partial charge in [0.1, 0.15) is 0 Å². The van der Waals surface area contributed by atoms with E-state index in [9.17, 15) is 4.79 Å². The predicted molar refractivity (Wildman–Crippen MR) is 121 cm³/mol. The first kappa shape index (κ1) is 20.6. The third-order valence-electron chi connectivity index (χ3n) is 5.17. The van der Waals surface area contributed by atoms with E-state index in [1.807, 2.05) is 30.3 Å². The van der Waals surface area contributed by atoms with Crippen LogP contribution in [0, 0.1) is 5.92 Å².